The van der Waals surface area contributed by atoms with Gasteiger partial charge in [-0.1, -0.05) is 6.92 Å². The third kappa shape index (κ3) is 3.11. The van der Waals surface area contributed by atoms with Crippen LogP contribution in [0.4, 0.5) is 5.69 Å². The molecule has 0 saturated carbocycles. The molecule has 0 fully saturated rings. The molecule has 0 heterocycles. The first kappa shape index (κ1) is 24.9. The highest BCUT2D eigenvalue weighted by molar-refractivity contribution is 6.25. The minimum atomic E-state index is -2.58. The summed E-state index contributed by atoms with van der Waals surface area (Å²) in [5.74, 6) is -6.18. The number of phenols is 1. The third-order valence-corrected chi connectivity index (χ3v) is 7.98. The number of allylic oxidation sites excluding steroid dienone is 1. The van der Waals surface area contributed by atoms with E-state index in [2.05, 4.69) is 0 Å². The lowest BCUT2D eigenvalue weighted by molar-refractivity contribution is -0.153. The Balaban J connectivity index is 2.05. The van der Waals surface area contributed by atoms with Crippen molar-refractivity contribution in [2.75, 3.05) is 33.1 Å². The fraction of sp³-hybridized carbons (Fsp3) is 0.500. The number of aromatic hydroxyl groups is 1. The van der Waals surface area contributed by atoms with E-state index in [9.17, 15) is 34.8 Å². The summed E-state index contributed by atoms with van der Waals surface area (Å²) in [5, 5.41) is 45.0. The third-order valence-electron chi connectivity index (χ3n) is 7.98. The fourth-order valence-electron chi connectivity index (χ4n) is 6.34. The lowest BCUT2D eigenvalue weighted by atomic mass is 9.54. The number of phenolic OH excluding ortho intramolecular Hbond substituents is 1. The molecule has 0 aliphatic heterocycles. The van der Waals surface area contributed by atoms with Gasteiger partial charge in [-0.25, -0.2) is 0 Å². The number of nitrogens with zero attached hydrogens (tertiary/aromatic N) is 2. The van der Waals surface area contributed by atoms with Crippen molar-refractivity contribution >= 4 is 23.0 Å². The Hall–Kier alpha value is -3.17. The maximum absolute atomic E-state index is 13.8. The molecule has 9 nitrogen and oxygen atoms in total. The van der Waals surface area contributed by atoms with Crippen molar-refractivity contribution in [3.63, 3.8) is 0 Å². The van der Waals surface area contributed by atoms with Crippen molar-refractivity contribution < 1.29 is 34.8 Å². The van der Waals surface area contributed by atoms with Crippen LogP contribution < -0.4 is 4.90 Å². The van der Waals surface area contributed by atoms with Crippen LogP contribution in [-0.2, 0) is 16.0 Å². The van der Waals surface area contributed by atoms with Gasteiger partial charge in [-0.05, 0) is 63.4 Å². The molecule has 3 aliphatic carbocycles. The monoisotopic (exact) mass is 484 g/mol. The van der Waals surface area contributed by atoms with E-state index in [0.29, 0.717) is 11.1 Å². The topological polar surface area (TPSA) is 139 Å². The van der Waals surface area contributed by atoms with E-state index in [1.165, 1.54) is 0 Å². The van der Waals surface area contributed by atoms with Gasteiger partial charge in [-0.15, -0.1) is 0 Å². The second kappa shape index (κ2) is 7.93. The summed E-state index contributed by atoms with van der Waals surface area (Å²) in [6, 6.07) is 0.840. The van der Waals surface area contributed by atoms with Gasteiger partial charge >= 0.3 is 0 Å². The van der Waals surface area contributed by atoms with Crippen LogP contribution in [0.15, 0.2) is 28.7 Å². The molecule has 35 heavy (non-hydrogen) atoms. The summed E-state index contributed by atoms with van der Waals surface area (Å²) in [5.41, 5.74) is -1.41. The Labute approximate surface area is 204 Å². The van der Waals surface area contributed by atoms with E-state index in [1.807, 2.05) is 19.0 Å². The largest absolute Gasteiger partial charge is 0.510 e. The molecule has 4 N–H and O–H groups in total. The summed E-state index contributed by atoms with van der Waals surface area (Å²) < 4.78 is 0. The van der Waals surface area contributed by atoms with Crippen molar-refractivity contribution in [2.45, 2.75) is 38.8 Å². The number of anilines is 1. The van der Waals surface area contributed by atoms with E-state index in [1.54, 1.807) is 38.9 Å². The highest BCUT2D eigenvalue weighted by Crippen LogP contribution is 2.55. The summed E-state index contributed by atoms with van der Waals surface area (Å²) in [7, 11) is 6.95. The molecule has 0 amide bonds. The first-order valence-electron chi connectivity index (χ1n) is 11.6. The van der Waals surface area contributed by atoms with Crippen molar-refractivity contribution in [3.05, 3.63) is 45.4 Å². The zero-order valence-electron chi connectivity index (χ0n) is 21.0. The van der Waals surface area contributed by atoms with Crippen molar-refractivity contribution in [1.29, 1.82) is 0 Å². The van der Waals surface area contributed by atoms with Gasteiger partial charge in [-0.2, -0.15) is 0 Å². The van der Waals surface area contributed by atoms with Crippen molar-refractivity contribution in [2.24, 2.45) is 17.8 Å². The normalized spacial score (nSPS) is 30.3. The molecular weight excluding hydrogens is 452 g/mol. The molecule has 9 heteroatoms. The van der Waals surface area contributed by atoms with Crippen molar-refractivity contribution in [1.82, 2.24) is 4.90 Å². The van der Waals surface area contributed by atoms with E-state index < -0.39 is 63.8 Å². The number of hydrogen-bond acceptors (Lipinski definition) is 9. The van der Waals surface area contributed by atoms with Gasteiger partial charge < -0.3 is 25.3 Å². The number of carbonyl (C=O) groups is 3. The standard InChI is InChI=1S/C26H32N2O7/c1-10-8-15(27(4)5)14-9-13-11(2)19-20(28(6)7)23(32)16(12(3)29)24(33)26(19,35)25(34)18(13)22(31)17(14)21(10)30/h8,11,13,19-20,30,32,34-35H,9H2,1-7H3/t11-,13-,19-,20-,26+/m0/s1. The number of fused-ring (bicyclic) bond motifs is 3. The Morgan fingerprint density at radius 2 is 1.71 bits per heavy atom. The van der Waals surface area contributed by atoms with E-state index in [0.717, 1.165) is 12.6 Å². The fourth-order valence-corrected chi connectivity index (χ4v) is 6.34. The summed E-state index contributed by atoms with van der Waals surface area (Å²) in [6.07, 6.45) is 0.272. The Kier molecular flexibility index (Phi) is 5.65. The van der Waals surface area contributed by atoms with E-state index >= 15 is 0 Å². The van der Waals surface area contributed by atoms with Gasteiger partial charge in [0.2, 0.25) is 5.78 Å². The molecule has 1 aromatic rings. The minimum Gasteiger partial charge on any atom is -0.510 e. The molecule has 0 radical (unpaired) electrons. The summed E-state index contributed by atoms with van der Waals surface area (Å²) >= 11 is 0. The molecule has 4 rings (SSSR count). The SMILES string of the molecule is CC(=O)C1=C(O)[C@@H](N(C)C)[C@@H]2[C@@H](C)[C@@H]3Cc4c(N(C)C)cc(C)c(O)c4C(=O)C3=C(O)[C@]2(O)C1=O. The van der Waals surface area contributed by atoms with Crippen LogP contribution in [0.1, 0.15) is 35.3 Å². The molecule has 0 unspecified atom stereocenters. The molecule has 5 atom stereocenters. The van der Waals surface area contributed by atoms with Crippen LogP contribution >= 0.6 is 0 Å². The Morgan fingerprint density at radius 1 is 1.11 bits per heavy atom. The number of likely N-dealkylation sites (N-methyl/N-ethyl adjacent to an activating group) is 1. The number of rotatable bonds is 3. The lowest BCUT2D eigenvalue weighted by Gasteiger charge is -2.53. The number of Topliss-reactive ketones (excluding diaryl/α,β-unsaturated/α-hetero) is 3. The molecule has 0 saturated heterocycles. The van der Waals surface area contributed by atoms with Gasteiger partial charge in [0, 0.05) is 31.3 Å². The van der Waals surface area contributed by atoms with E-state index in [4.69, 9.17) is 0 Å². The summed E-state index contributed by atoms with van der Waals surface area (Å²) in [4.78, 5) is 43.0. The molecule has 0 bridgehead atoms. The number of carbonyl (C=O) groups excluding carboxylic acids is 3. The van der Waals surface area contributed by atoms with Crippen LogP contribution in [0.25, 0.3) is 0 Å². The summed E-state index contributed by atoms with van der Waals surface area (Å²) in [6.45, 7) is 4.54. The number of aryl methyl sites for hydroxylation is 1. The van der Waals surface area contributed by atoms with Gasteiger partial charge in [-0.3, -0.25) is 19.3 Å². The number of benzene rings is 1. The van der Waals surface area contributed by atoms with Crippen LogP contribution in [0.2, 0.25) is 0 Å². The molecule has 3 aliphatic rings. The zero-order chi connectivity index (χ0) is 26.3. The smallest absolute Gasteiger partial charge is 0.209 e. The number of aliphatic hydroxyl groups is 3. The molecule has 0 aromatic heterocycles. The van der Waals surface area contributed by atoms with Gasteiger partial charge in [0.05, 0.1) is 11.6 Å². The maximum atomic E-state index is 13.8. The zero-order valence-corrected chi connectivity index (χ0v) is 21.0. The average molecular weight is 485 g/mol. The highest BCUT2D eigenvalue weighted by atomic mass is 16.3. The Morgan fingerprint density at radius 3 is 2.23 bits per heavy atom. The minimum absolute atomic E-state index is 0.0401. The van der Waals surface area contributed by atoms with Gasteiger partial charge in [0.15, 0.2) is 17.2 Å². The molecule has 1 aromatic carbocycles. The number of ketones is 3. The number of hydrogen-bond donors (Lipinski definition) is 4. The molecule has 188 valence electrons. The number of aliphatic hydroxyl groups excluding tert-OH is 2. The molecular formula is C26H32N2O7. The van der Waals surface area contributed by atoms with Crippen LogP contribution in [0.3, 0.4) is 0 Å². The first-order valence-corrected chi connectivity index (χ1v) is 11.6. The lowest BCUT2D eigenvalue weighted by Crippen LogP contribution is -2.66. The first-order chi connectivity index (χ1) is 16.2. The van der Waals surface area contributed by atoms with Crippen molar-refractivity contribution in [3.8, 4) is 5.75 Å². The predicted octanol–water partition coefficient (Wildman–Crippen LogP) is 1.84. The highest BCUT2D eigenvalue weighted by Gasteiger charge is 2.65. The van der Waals surface area contributed by atoms with E-state index in [-0.39, 0.29) is 23.3 Å². The average Bonchev–Trinajstić information content (AvgIpc) is 2.75. The second-order valence-electron chi connectivity index (χ2n) is 10.4. The second-order valence-corrected chi connectivity index (χ2v) is 10.4. The maximum Gasteiger partial charge on any atom is 0.209 e. The van der Waals surface area contributed by atoms with Crippen LogP contribution in [0, 0.1) is 24.7 Å². The predicted molar refractivity (Wildman–Crippen MR) is 129 cm³/mol. The van der Waals surface area contributed by atoms with Crippen LogP contribution in [-0.4, -0.2) is 82.5 Å². The molecule has 0 spiro atoms. The Bertz CT molecular complexity index is 1240. The van der Waals surface area contributed by atoms with Crippen LogP contribution in [0.5, 0.6) is 5.75 Å². The van der Waals surface area contributed by atoms with Gasteiger partial charge in [0.1, 0.15) is 22.8 Å². The quantitative estimate of drug-likeness (QED) is 0.473. The van der Waals surface area contributed by atoms with Gasteiger partial charge in [0.25, 0.3) is 0 Å².